The number of hydrogen-bond donors (Lipinski definition) is 2. The van der Waals surface area contributed by atoms with Gasteiger partial charge in [-0.05, 0) is 81.3 Å². The van der Waals surface area contributed by atoms with Gasteiger partial charge in [-0.15, -0.1) is 0 Å². The van der Waals surface area contributed by atoms with Gasteiger partial charge >= 0.3 is 0 Å². The van der Waals surface area contributed by atoms with Crippen molar-refractivity contribution < 1.29 is 9.13 Å². The lowest BCUT2D eigenvalue weighted by atomic mass is 9.96. The van der Waals surface area contributed by atoms with Crippen molar-refractivity contribution in [3.05, 3.63) is 70.9 Å². The number of methoxy groups -OCH3 is 1. The Morgan fingerprint density at radius 3 is 2.68 bits per heavy atom. The van der Waals surface area contributed by atoms with E-state index in [0.29, 0.717) is 22.4 Å². The summed E-state index contributed by atoms with van der Waals surface area (Å²) >= 11 is 6.30. The maximum absolute atomic E-state index is 13.9. The lowest BCUT2D eigenvalue weighted by Crippen LogP contribution is -2.37. The molecule has 214 valence electrons. The molecule has 0 unspecified atom stereocenters. The van der Waals surface area contributed by atoms with Gasteiger partial charge in [0.25, 0.3) is 0 Å². The Hall–Kier alpha value is -3.69. The first-order valence-corrected chi connectivity index (χ1v) is 14.5. The summed E-state index contributed by atoms with van der Waals surface area (Å²) in [7, 11) is 1.61. The third-order valence-corrected chi connectivity index (χ3v) is 8.48. The topological polar surface area (TPSA) is 93.1 Å². The first-order chi connectivity index (χ1) is 19.9. The third kappa shape index (κ3) is 6.16. The second-order valence-electron chi connectivity index (χ2n) is 11.2. The van der Waals surface area contributed by atoms with Gasteiger partial charge in [-0.25, -0.2) is 18.9 Å². The van der Waals surface area contributed by atoms with E-state index in [-0.39, 0.29) is 11.5 Å². The van der Waals surface area contributed by atoms with Gasteiger partial charge in [0.1, 0.15) is 11.7 Å². The van der Waals surface area contributed by atoms with Crippen molar-refractivity contribution in [1.29, 1.82) is 0 Å². The molecular weight excluding hydrogens is 541 g/mol. The number of hydrogen-bond acceptors (Lipinski definition) is 6. The summed E-state index contributed by atoms with van der Waals surface area (Å²) in [6, 6.07) is 8.04. The number of aryl methyl sites for hydroxylation is 1. The minimum atomic E-state index is -0.430. The highest BCUT2D eigenvalue weighted by atomic mass is 35.5. The summed E-state index contributed by atoms with van der Waals surface area (Å²) in [4.78, 5) is 11.5. The molecule has 0 bridgehead atoms. The number of aliphatic imine (C=N–C) groups is 1. The zero-order valence-corrected chi connectivity index (χ0v) is 24.2. The zero-order chi connectivity index (χ0) is 28.5. The van der Waals surface area contributed by atoms with Crippen LogP contribution >= 0.6 is 11.6 Å². The number of halogens is 2. The Morgan fingerprint density at radius 1 is 1.15 bits per heavy atom. The van der Waals surface area contributed by atoms with E-state index < -0.39 is 5.82 Å². The van der Waals surface area contributed by atoms with Crippen LogP contribution in [0.3, 0.4) is 0 Å². The number of amidine groups is 1. The summed E-state index contributed by atoms with van der Waals surface area (Å²) in [5.41, 5.74) is 12.2. The highest BCUT2D eigenvalue weighted by Crippen LogP contribution is 2.34. The maximum atomic E-state index is 13.9. The van der Waals surface area contributed by atoms with Crippen LogP contribution in [0.2, 0.25) is 5.02 Å². The molecule has 0 spiro atoms. The summed E-state index contributed by atoms with van der Waals surface area (Å²) in [5.74, 6) is 1.81. The molecule has 8 nitrogen and oxygen atoms in total. The highest BCUT2D eigenvalue weighted by Gasteiger charge is 2.27. The van der Waals surface area contributed by atoms with E-state index >= 15 is 0 Å². The molecule has 6 rings (SSSR count). The summed E-state index contributed by atoms with van der Waals surface area (Å²) in [5, 5.41) is 8.67. The molecule has 0 radical (unpaired) electrons. The highest BCUT2D eigenvalue weighted by molar-refractivity contribution is 6.33. The van der Waals surface area contributed by atoms with Gasteiger partial charge in [0.2, 0.25) is 5.88 Å². The second-order valence-corrected chi connectivity index (χ2v) is 11.6. The van der Waals surface area contributed by atoms with E-state index in [0.717, 1.165) is 66.3 Å². The number of rotatable bonds is 9. The smallest absolute Gasteiger partial charge is 0.213 e. The molecule has 3 aromatic heterocycles. The molecule has 0 atom stereocenters. The lowest BCUT2D eigenvalue weighted by Gasteiger charge is -2.32. The molecule has 3 N–H and O–H groups in total. The minimum Gasteiger partial charge on any atom is -0.481 e. The first-order valence-electron chi connectivity index (χ1n) is 14.2. The van der Waals surface area contributed by atoms with Crippen LogP contribution in [0.15, 0.2) is 53.9 Å². The fourth-order valence-corrected chi connectivity index (χ4v) is 5.73. The van der Waals surface area contributed by atoms with Crippen LogP contribution in [0, 0.1) is 24.6 Å². The molecule has 1 aliphatic carbocycles. The quantitative estimate of drug-likeness (QED) is 0.186. The van der Waals surface area contributed by atoms with Crippen molar-refractivity contribution in [2.75, 3.05) is 38.6 Å². The van der Waals surface area contributed by atoms with E-state index in [1.54, 1.807) is 13.3 Å². The standard InChI is InChI=1S/C31H35ClFN7O/c1-19-11-29(41-2)35-15-24(19)22-12-28-30(36-14-20-7-9-39(10-8-20)17-21-3-4-21)25(16-37-40(28)18-22)31(34)38-27-13-23(33)5-6-26(27)32/h5-6,11-13,15-16,18,20-21,36H,3-4,7-10,14,17H2,1-2H3,(H2,34,38). The van der Waals surface area contributed by atoms with Crippen molar-refractivity contribution in [2.24, 2.45) is 22.6 Å². The molecule has 1 saturated carbocycles. The molecule has 0 amide bonds. The van der Waals surface area contributed by atoms with Crippen molar-refractivity contribution in [2.45, 2.75) is 32.6 Å². The minimum absolute atomic E-state index is 0.208. The monoisotopic (exact) mass is 575 g/mol. The molecule has 2 fully saturated rings. The van der Waals surface area contributed by atoms with Crippen molar-refractivity contribution in [1.82, 2.24) is 19.5 Å². The predicted molar refractivity (Wildman–Crippen MR) is 162 cm³/mol. The van der Waals surface area contributed by atoms with Gasteiger partial charge in [0, 0.05) is 48.7 Å². The third-order valence-electron chi connectivity index (χ3n) is 8.16. The Bertz CT molecular complexity index is 1590. The van der Waals surface area contributed by atoms with E-state index in [9.17, 15) is 4.39 Å². The van der Waals surface area contributed by atoms with E-state index in [2.05, 4.69) is 31.4 Å². The number of fused-ring (bicyclic) bond motifs is 1. The number of aromatic nitrogens is 3. The number of piperidine rings is 1. The van der Waals surface area contributed by atoms with E-state index in [1.807, 2.05) is 29.9 Å². The van der Waals surface area contributed by atoms with E-state index in [4.69, 9.17) is 22.1 Å². The van der Waals surface area contributed by atoms with Gasteiger partial charge in [0.05, 0.1) is 40.8 Å². The number of benzene rings is 1. The average Bonchev–Trinajstić information content (AvgIpc) is 3.68. The van der Waals surface area contributed by atoms with E-state index in [1.165, 1.54) is 37.6 Å². The van der Waals surface area contributed by atoms with Crippen LogP contribution in [-0.2, 0) is 0 Å². The summed E-state index contributed by atoms with van der Waals surface area (Å²) < 4.78 is 21.1. The summed E-state index contributed by atoms with van der Waals surface area (Å²) in [6.45, 7) is 6.37. The van der Waals surface area contributed by atoms with Crippen LogP contribution < -0.4 is 15.8 Å². The Balaban J connectivity index is 1.33. The molecule has 1 aliphatic heterocycles. The Morgan fingerprint density at radius 2 is 1.95 bits per heavy atom. The van der Waals surface area contributed by atoms with Gasteiger partial charge in [-0.1, -0.05) is 11.6 Å². The number of likely N-dealkylation sites (tertiary alicyclic amines) is 1. The fraction of sp³-hybridized carbons (Fsp3) is 0.387. The predicted octanol–water partition coefficient (Wildman–Crippen LogP) is 6.08. The van der Waals surface area contributed by atoms with Gasteiger partial charge in [0.15, 0.2) is 0 Å². The normalized spacial score (nSPS) is 16.8. The van der Waals surface area contributed by atoms with Crippen LogP contribution in [0.1, 0.15) is 36.8 Å². The molecule has 4 heterocycles. The first kappa shape index (κ1) is 27.5. The molecule has 41 heavy (non-hydrogen) atoms. The van der Waals surface area contributed by atoms with Gasteiger partial charge in [-0.3, -0.25) is 0 Å². The summed E-state index contributed by atoms with van der Waals surface area (Å²) in [6.07, 6.45) is 10.6. The van der Waals surface area contributed by atoms with Crippen LogP contribution in [0.4, 0.5) is 15.8 Å². The molecule has 2 aliphatic rings. The van der Waals surface area contributed by atoms with Crippen molar-refractivity contribution in [3.8, 4) is 17.0 Å². The second kappa shape index (κ2) is 11.7. The van der Waals surface area contributed by atoms with Crippen molar-refractivity contribution >= 4 is 34.3 Å². The zero-order valence-electron chi connectivity index (χ0n) is 23.4. The van der Waals surface area contributed by atoms with Gasteiger partial charge < -0.3 is 20.7 Å². The van der Waals surface area contributed by atoms with Crippen LogP contribution in [0.25, 0.3) is 16.6 Å². The maximum Gasteiger partial charge on any atom is 0.213 e. The van der Waals surface area contributed by atoms with Gasteiger partial charge in [-0.2, -0.15) is 5.10 Å². The van der Waals surface area contributed by atoms with Crippen LogP contribution in [-0.4, -0.2) is 58.6 Å². The fourth-order valence-electron chi connectivity index (χ4n) is 5.57. The number of ether oxygens (including phenoxy) is 1. The largest absolute Gasteiger partial charge is 0.481 e. The van der Waals surface area contributed by atoms with Crippen molar-refractivity contribution in [3.63, 3.8) is 0 Å². The SMILES string of the molecule is COc1cc(C)c(-c2cc3c(NCC4CCN(CC5CC5)CC4)c(C(N)=Nc4cc(F)ccc4Cl)cnn3c2)cn1. The number of pyridine rings is 1. The molecular formula is C31H35ClFN7O. The number of nitrogens with two attached hydrogens (primary N) is 1. The molecule has 1 aromatic carbocycles. The number of nitrogens with one attached hydrogen (secondary N) is 1. The average molecular weight is 576 g/mol. The number of nitrogens with zero attached hydrogens (tertiary/aromatic N) is 5. The Labute approximate surface area is 244 Å². The Kier molecular flexibility index (Phi) is 7.81. The molecule has 10 heteroatoms. The lowest BCUT2D eigenvalue weighted by molar-refractivity contribution is 0.183. The molecule has 1 saturated heterocycles. The van der Waals surface area contributed by atoms with Crippen LogP contribution in [0.5, 0.6) is 5.88 Å². The molecule has 4 aromatic rings. The number of anilines is 1.